The molecule has 92 heavy (non-hydrogen) atoms. The molecule has 1 aliphatic rings. The van der Waals surface area contributed by atoms with Gasteiger partial charge in [0.25, 0.3) is 5.91 Å². The van der Waals surface area contributed by atoms with Crippen LogP contribution in [0.5, 0.6) is 0 Å². The van der Waals surface area contributed by atoms with Crippen molar-refractivity contribution in [3.05, 3.63) is 36.3 Å². The number of hydrogen-bond acceptors (Lipinski definition) is 14. The number of likely N-dealkylation sites (N-methyl/N-ethyl adjacent to an activating group) is 7. The molecule has 0 bridgehead atoms. The van der Waals surface area contributed by atoms with Crippen LogP contribution in [0.4, 0.5) is 0 Å². The summed E-state index contributed by atoms with van der Waals surface area (Å²) in [7, 11) is 9.71. The van der Waals surface area contributed by atoms with E-state index in [1.54, 1.807) is 66.7 Å². The summed E-state index contributed by atoms with van der Waals surface area (Å²) >= 11 is 0. The fourth-order valence-electron chi connectivity index (χ4n) is 11.5. The van der Waals surface area contributed by atoms with Crippen molar-refractivity contribution >= 4 is 65.0 Å². The number of amides is 11. The predicted octanol–water partition coefficient (Wildman–Crippen LogP) is 4.41. The van der Waals surface area contributed by atoms with Gasteiger partial charge in [0.05, 0.1) is 31.8 Å². The zero-order valence-corrected chi connectivity index (χ0v) is 59.7. The number of ether oxygens (including phenoxy) is 1. The van der Waals surface area contributed by atoms with E-state index in [0.29, 0.717) is 5.56 Å². The van der Waals surface area contributed by atoms with Crippen LogP contribution in [-0.4, -0.2) is 226 Å². The Kier molecular flexibility index (Phi) is 32.2. The van der Waals surface area contributed by atoms with Crippen molar-refractivity contribution in [2.24, 2.45) is 41.4 Å². The highest BCUT2D eigenvalue weighted by molar-refractivity contribution is 6.00. The van der Waals surface area contributed by atoms with Crippen LogP contribution in [0.1, 0.15) is 162 Å². The highest BCUT2D eigenvalue weighted by Crippen LogP contribution is 2.34. The predicted molar refractivity (Wildman–Crippen MR) is 351 cm³/mol. The molecule has 25 heteroatoms. The highest BCUT2D eigenvalue weighted by atomic mass is 16.5. The van der Waals surface area contributed by atoms with Gasteiger partial charge < -0.3 is 69.8 Å². The Balaban J connectivity index is 3.13. The molecule has 0 radical (unpaired) electrons. The Morgan fingerprint density at radius 1 is 0.587 bits per heavy atom. The lowest BCUT2D eigenvalue weighted by molar-refractivity contribution is -0.212. The number of rotatable bonds is 18. The molecule has 1 fully saturated rings. The minimum absolute atomic E-state index is 0.0236. The van der Waals surface area contributed by atoms with Gasteiger partial charge in [-0.15, -0.1) is 0 Å². The normalized spacial score (nSPS) is 26.6. The van der Waals surface area contributed by atoms with Gasteiger partial charge in [0.2, 0.25) is 64.8 Å². The maximum absolute atomic E-state index is 16.1. The van der Waals surface area contributed by atoms with Gasteiger partial charge in [0.15, 0.2) is 0 Å². The average molecular weight is 1300 g/mol. The summed E-state index contributed by atoms with van der Waals surface area (Å²) in [4.78, 5) is 171. The number of carbonyl (C=O) groups is 11. The number of carbonyl (C=O) groups excluding carboxylic acids is 11. The molecule has 0 unspecified atom stereocenters. The standard InChI is InChI=1S/C67H115N11O14/c1-25-27-28-44(15)56(80)55-60(84)70-48(26-2)62(86)72(18)35-53(79)73(19)49(31-38(3)4)59(83)71-54(42(11)12)65(89)74(20)50(32-39(5)6)58(82)68-45(16)57(81)69-46(17)61(85)75(21)51(33-40(7)8)63(87)76(22)52(34-41(9)10)64(88)78(24)67(43(13)14,66(90)77(55)23)92-37-47-29-30-91-36-47/h25,27,29-30,36,38-46,48-52,54-56,80H,26,28,31-35,37H2,1-24H3,(H,68,82)(H,69,81)(H,70,84)(H,71,83)/b27-25+/t44-,45+,46-,48+,49+,50+,51+,52+,54+,55+,56-,67+/m1/s1. The Bertz CT molecular complexity index is 2680. The lowest BCUT2D eigenvalue weighted by atomic mass is 9.89. The molecule has 522 valence electrons. The molecule has 1 aliphatic heterocycles. The molecule has 5 N–H and O–H groups in total. The first-order chi connectivity index (χ1) is 42.7. The molecule has 0 spiro atoms. The largest absolute Gasteiger partial charge is 0.472 e. The van der Waals surface area contributed by atoms with E-state index in [4.69, 9.17) is 9.15 Å². The van der Waals surface area contributed by atoms with E-state index in [0.717, 1.165) is 14.7 Å². The van der Waals surface area contributed by atoms with Crippen molar-refractivity contribution < 1.29 is 67.0 Å². The number of nitrogens with zero attached hydrogens (tertiary/aromatic N) is 7. The molecule has 12 atom stereocenters. The monoisotopic (exact) mass is 1300 g/mol. The quantitative estimate of drug-likeness (QED) is 0.127. The summed E-state index contributed by atoms with van der Waals surface area (Å²) < 4.78 is 12.1. The molecule has 1 saturated heterocycles. The summed E-state index contributed by atoms with van der Waals surface area (Å²) in [5.74, 6) is -11.0. The topological polar surface area (TPSA) is 301 Å². The molecule has 25 nitrogen and oxygen atoms in total. The van der Waals surface area contributed by atoms with E-state index in [-0.39, 0.29) is 68.8 Å². The molecule has 11 amide bonds. The van der Waals surface area contributed by atoms with E-state index >= 15 is 19.2 Å². The van der Waals surface area contributed by atoms with Gasteiger partial charge in [-0.2, -0.15) is 0 Å². The Hall–Kier alpha value is -6.89. The number of aliphatic hydroxyl groups excluding tert-OH is 1. The molecule has 1 aromatic heterocycles. The highest BCUT2D eigenvalue weighted by Gasteiger charge is 2.55. The Morgan fingerprint density at radius 2 is 1.07 bits per heavy atom. The summed E-state index contributed by atoms with van der Waals surface area (Å²) in [6.07, 6.45) is 5.43. The third kappa shape index (κ3) is 21.3. The second-order valence-corrected chi connectivity index (χ2v) is 27.6. The zero-order valence-electron chi connectivity index (χ0n) is 59.7. The van der Waals surface area contributed by atoms with Gasteiger partial charge in [0.1, 0.15) is 54.4 Å². The zero-order chi connectivity index (χ0) is 70.7. The van der Waals surface area contributed by atoms with Crippen molar-refractivity contribution in [2.45, 2.75) is 229 Å². The van der Waals surface area contributed by atoms with E-state index in [2.05, 4.69) is 21.3 Å². The van der Waals surface area contributed by atoms with Crippen LogP contribution >= 0.6 is 0 Å². The summed E-state index contributed by atoms with van der Waals surface area (Å²) in [5, 5.41) is 23.4. The van der Waals surface area contributed by atoms with Crippen molar-refractivity contribution in [1.29, 1.82) is 0 Å². The maximum atomic E-state index is 16.1. The lowest BCUT2D eigenvalue weighted by Crippen LogP contribution is -2.70. The van der Waals surface area contributed by atoms with Crippen LogP contribution in [0.15, 0.2) is 35.2 Å². The lowest BCUT2D eigenvalue weighted by Gasteiger charge is -2.48. The van der Waals surface area contributed by atoms with Gasteiger partial charge in [-0.1, -0.05) is 109 Å². The number of furan rings is 1. The molecule has 0 aliphatic carbocycles. The molecule has 0 saturated carbocycles. The first-order valence-corrected chi connectivity index (χ1v) is 32.7. The third-order valence-corrected chi connectivity index (χ3v) is 17.4. The van der Waals surface area contributed by atoms with Crippen LogP contribution in [0, 0.1) is 41.4 Å². The first-order valence-electron chi connectivity index (χ1n) is 32.7. The van der Waals surface area contributed by atoms with Crippen LogP contribution in [0.2, 0.25) is 0 Å². The van der Waals surface area contributed by atoms with E-state index in [1.165, 1.54) is 95.3 Å². The van der Waals surface area contributed by atoms with Gasteiger partial charge in [0, 0.05) is 60.8 Å². The second kappa shape index (κ2) is 36.5. The summed E-state index contributed by atoms with van der Waals surface area (Å²) in [6, 6.07) is -10.0. The SMILES string of the molecule is C/C=C/C[C@@H](C)[C@@H](O)[C@H]1C(=O)N[C@@H](CC)C(=O)N(C)CC(=O)N(C)[C@@H](CC(C)C)C(=O)N[C@@H](C(C)C)C(=O)N(C)[C@@H](CC(C)C)C(=O)N[C@@H](C)C(=O)N[C@H](C)C(=O)N(C)[C@@H](CC(C)C)C(=O)N(C)[C@@H](CC(C)C)C(=O)N(C)[C@](OCc2ccoc2)(C(C)C)C(=O)N1C. The second-order valence-electron chi connectivity index (χ2n) is 27.6. The van der Waals surface area contributed by atoms with Crippen LogP contribution in [0.25, 0.3) is 0 Å². The van der Waals surface area contributed by atoms with Crippen LogP contribution in [-0.2, 0) is 64.1 Å². The number of hydrogen-bond donors (Lipinski definition) is 5. The van der Waals surface area contributed by atoms with Crippen molar-refractivity contribution in [2.75, 3.05) is 55.9 Å². The van der Waals surface area contributed by atoms with Crippen LogP contribution < -0.4 is 21.3 Å². The summed E-state index contributed by atoms with van der Waals surface area (Å²) in [6.45, 7) is 28.7. The Morgan fingerprint density at radius 3 is 1.54 bits per heavy atom. The van der Waals surface area contributed by atoms with Crippen LogP contribution in [0.3, 0.4) is 0 Å². The smallest absolute Gasteiger partial charge is 0.276 e. The maximum Gasteiger partial charge on any atom is 0.276 e. The molecular formula is C67H115N11O14. The molecule has 1 aromatic rings. The fourth-order valence-corrected chi connectivity index (χ4v) is 11.5. The van der Waals surface area contributed by atoms with Crippen molar-refractivity contribution in [3.8, 4) is 0 Å². The first kappa shape index (κ1) is 81.2. The number of allylic oxidation sites excluding steroid dienone is 2. The number of aliphatic hydroxyl groups is 1. The Labute approximate surface area is 548 Å². The van der Waals surface area contributed by atoms with E-state index in [1.807, 2.05) is 55.4 Å². The molecule has 0 aromatic carbocycles. The molecule has 2 rings (SSSR count). The summed E-state index contributed by atoms with van der Waals surface area (Å²) in [5.41, 5.74) is -1.84. The minimum atomic E-state index is -2.31. The van der Waals surface area contributed by atoms with Gasteiger partial charge in [-0.3, -0.25) is 52.7 Å². The van der Waals surface area contributed by atoms with Crippen molar-refractivity contribution in [3.63, 3.8) is 0 Å². The average Bonchev–Trinajstić information content (AvgIpc) is 0.813. The third-order valence-electron chi connectivity index (χ3n) is 17.4. The van der Waals surface area contributed by atoms with Gasteiger partial charge >= 0.3 is 0 Å². The van der Waals surface area contributed by atoms with E-state index in [9.17, 15) is 38.7 Å². The molecule has 2 heterocycles. The fraction of sp³-hybridized carbons (Fsp3) is 0.746. The minimum Gasteiger partial charge on any atom is -0.472 e. The molecular weight excluding hydrogens is 1180 g/mol. The van der Waals surface area contributed by atoms with Gasteiger partial charge in [-0.25, -0.2) is 0 Å². The number of nitrogens with one attached hydrogen (secondary N) is 4. The van der Waals surface area contributed by atoms with Gasteiger partial charge in [-0.05, 0) is 101 Å². The van der Waals surface area contributed by atoms with E-state index < -0.39 is 155 Å². The van der Waals surface area contributed by atoms with Crippen molar-refractivity contribution in [1.82, 2.24) is 55.6 Å².